The normalized spacial score (nSPS) is 9.86. The molecule has 0 aliphatic heterocycles. The predicted octanol–water partition coefficient (Wildman–Crippen LogP) is 3.07. The first-order chi connectivity index (χ1) is 6.69. The highest BCUT2D eigenvalue weighted by molar-refractivity contribution is 7.99. The maximum absolute atomic E-state index is 8.87. The van der Waals surface area contributed by atoms with Gasteiger partial charge in [0.1, 0.15) is 6.07 Å². The van der Waals surface area contributed by atoms with Crippen LogP contribution in [0.15, 0.2) is 11.1 Å². The van der Waals surface area contributed by atoms with Gasteiger partial charge in [0.25, 0.3) is 0 Å². The summed E-state index contributed by atoms with van der Waals surface area (Å²) in [5, 5.41) is 9.90. The van der Waals surface area contributed by atoms with Crippen molar-refractivity contribution in [3.05, 3.63) is 22.9 Å². The summed E-state index contributed by atoms with van der Waals surface area (Å²) in [6.45, 7) is 6.00. The highest BCUT2D eigenvalue weighted by atomic mass is 32.2. The van der Waals surface area contributed by atoms with Crippen LogP contribution in [-0.2, 0) is 0 Å². The molecule has 0 fully saturated rings. The molecule has 0 atom stereocenters. The van der Waals surface area contributed by atoms with Crippen LogP contribution >= 0.6 is 11.8 Å². The topological polar surface area (TPSA) is 36.7 Å². The fourth-order valence-corrected chi connectivity index (χ4v) is 2.12. The molecule has 0 aromatic carbocycles. The Bertz CT molecular complexity index is 343. The van der Waals surface area contributed by atoms with Gasteiger partial charge < -0.3 is 0 Å². The molecule has 0 unspecified atom stereocenters. The van der Waals surface area contributed by atoms with Gasteiger partial charge in [-0.2, -0.15) is 5.26 Å². The van der Waals surface area contributed by atoms with Crippen molar-refractivity contribution in [2.45, 2.75) is 32.2 Å². The van der Waals surface area contributed by atoms with E-state index < -0.39 is 0 Å². The molecule has 0 saturated carbocycles. The Kier molecular flexibility index (Phi) is 3.97. The Morgan fingerprint density at radius 2 is 2.21 bits per heavy atom. The molecule has 0 aliphatic rings. The second-order valence-electron chi connectivity index (χ2n) is 3.20. The van der Waals surface area contributed by atoms with Gasteiger partial charge in [0.15, 0.2) is 0 Å². The molecule has 1 aromatic heterocycles. The van der Waals surface area contributed by atoms with Gasteiger partial charge in [-0.1, -0.05) is 6.92 Å². The minimum atomic E-state index is 0.714. The Balaban J connectivity index is 2.97. The predicted molar refractivity (Wildman–Crippen MR) is 59.4 cm³/mol. The van der Waals surface area contributed by atoms with E-state index in [2.05, 4.69) is 18.0 Å². The maximum atomic E-state index is 8.87. The Morgan fingerprint density at radius 1 is 1.50 bits per heavy atom. The van der Waals surface area contributed by atoms with E-state index in [4.69, 9.17) is 5.26 Å². The molecule has 1 heterocycles. The lowest BCUT2D eigenvalue weighted by atomic mass is 10.1. The van der Waals surface area contributed by atoms with Crippen LogP contribution in [0.3, 0.4) is 0 Å². The molecular formula is C11H14N2S. The lowest BCUT2D eigenvalue weighted by molar-refractivity contribution is 1.02. The zero-order chi connectivity index (χ0) is 10.6. The Morgan fingerprint density at radius 3 is 2.71 bits per heavy atom. The summed E-state index contributed by atoms with van der Waals surface area (Å²) in [5.74, 6) is 1.08. The van der Waals surface area contributed by atoms with Gasteiger partial charge in [-0.3, -0.25) is 0 Å². The average molecular weight is 206 g/mol. The fourth-order valence-electron chi connectivity index (χ4n) is 1.25. The molecular weight excluding hydrogens is 192 g/mol. The van der Waals surface area contributed by atoms with Crippen molar-refractivity contribution in [3.8, 4) is 6.07 Å². The van der Waals surface area contributed by atoms with Crippen molar-refractivity contribution in [1.82, 2.24) is 4.98 Å². The summed E-state index contributed by atoms with van der Waals surface area (Å²) >= 11 is 1.75. The highest BCUT2D eigenvalue weighted by Crippen LogP contribution is 2.21. The van der Waals surface area contributed by atoms with E-state index in [0.29, 0.717) is 5.56 Å². The van der Waals surface area contributed by atoms with Gasteiger partial charge in [0, 0.05) is 0 Å². The first kappa shape index (κ1) is 11.1. The molecule has 74 valence electrons. The molecule has 0 aliphatic carbocycles. The molecule has 0 N–H and O–H groups in total. The van der Waals surface area contributed by atoms with E-state index in [1.54, 1.807) is 11.8 Å². The van der Waals surface area contributed by atoms with Gasteiger partial charge in [0.05, 0.1) is 16.3 Å². The van der Waals surface area contributed by atoms with Gasteiger partial charge in [0.2, 0.25) is 0 Å². The van der Waals surface area contributed by atoms with E-state index in [1.165, 1.54) is 0 Å². The first-order valence-corrected chi connectivity index (χ1v) is 5.68. The summed E-state index contributed by atoms with van der Waals surface area (Å²) in [6, 6.07) is 4.17. The van der Waals surface area contributed by atoms with Crippen molar-refractivity contribution in [2.75, 3.05) is 5.75 Å². The van der Waals surface area contributed by atoms with Gasteiger partial charge in [-0.25, -0.2) is 4.98 Å². The van der Waals surface area contributed by atoms with Crippen LogP contribution in [0.25, 0.3) is 0 Å². The Hall–Kier alpha value is -1.01. The third kappa shape index (κ3) is 2.49. The lowest BCUT2D eigenvalue weighted by Gasteiger charge is -2.05. The number of aromatic nitrogens is 1. The van der Waals surface area contributed by atoms with Crippen molar-refractivity contribution in [1.29, 1.82) is 5.26 Å². The maximum Gasteiger partial charge on any atom is 0.101 e. The monoisotopic (exact) mass is 206 g/mol. The Labute approximate surface area is 89.4 Å². The molecule has 1 aromatic rings. The highest BCUT2D eigenvalue weighted by Gasteiger charge is 2.05. The van der Waals surface area contributed by atoms with Gasteiger partial charge >= 0.3 is 0 Å². The van der Waals surface area contributed by atoms with E-state index in [1.807, 2.05) is 19.9 Å². The van der Waals surface area contributed by atoms with Gasteiger partial charge in [-0.05, 0) is 37.7 Å². The molecule has 2 nitrogen and oxygen atoms in total. The lowest BCUT2D eigenvalue weighted by Crippen LogP contribution is -1.94. The quantitative estimate of drug-likeness (QED) is 0.713. The van der Waals surface area contributed by atoms with Crippen LogP contribution in [0.5, 0.6) is 0 Å². The smallest absolute Gasteiger partial charge is 0.101 e. The molecule has 14 heavy (non-hydrogen) atoms. The van der Waals surface area contributed by atoms with Crippen LogP contribution in [0.1, 0.15) is 30.2 Å². The van der Waals surface area contributed by atoms with Crippen LogP contribution < -0.4 is 0 Å². The standard InChI is InChI=1S/C11H14N2S/c1-4-5-14-11-6-8(2)10(7-12)9(3)13-11/h6H,4-5H2,1-3H3. The molecule has 0 bridgehead atoms. The van der Waals surface area contributed by atoms with E-state index in [-0.39, 0.29) is 0 Å². The summed E-state index contributed by atoms with van der Waals surface area (Å²) in [4.78, 5) is 4.38. The van der Waals surface area contributed by atoms with Crippen LogP contribution in [-0.4, -0.2) is 10.7 Å². The minimum Gasteiger partial charge on any atom is -0.245 e. The number of hydrogen-bond acceptors (Lipinski definition) is 3. The number of pyridine rings is 1. The minimum absolute atomic E-state index is 0.714. The zero-order valence-corrected chi connectivity index (χ0v) is 9.61. The first-order valence-electron chi connectivity index (χ1n) is 4.70. The molecule has 3 heteroatoms. The number of nitrogens with zero attached hydrogens (tertiary/aromatic N) is 2. The number of hydrogen-bond donors (Lipinski definition) is 0. The number of nitriles is 1. The van der Waals surface area contributed by atoms with Crippen LogP contribution in [0.4, 0.5) is 0 Å². The third-order valence-corrected chi connectivity index (χ3v) is 3.06. The largest absolute Gasteiger partial charge is 0.245 e. The summed E-state index contributed by atoms with van der Waals surface area (Å²) in [7, 11) is 0. The zero-order valence-electron chi connectivity index (χ0n) is 8.79. The molecule has 0 spiro atoms. The summed E-state index contributed by atoms with van der Waals surface area (Å²) in [5.41, 5.74) is 2.58. The van der Waals surface area contributed by atoms with E-state index in [9.17, 15) is 0 Å². The van der Waals surface area contributed by atoms with Gasteiger partial charge in [-0.15, -0.1) is 11.8 Å². The summed E-state index contributed by atoms with van der Waals surface area (Å²) < 4.78 is 0. The fraction of sp³-hybridized carbons (Fsp3) is 0.455. The third-order valence-electron chi connectivity index (χ3n) is 1.94. The molecule has 1 rings (SSSR count). The SMILES string of the molecule is CCCSc1cc(C)c(C#N)c(C)n1. The van der Waals surface area contributed by atoms with Crippen LogP contribution in [0.2, 0.25) is 0 Å². The van der Waals surface area contributed by atoms with Crippen molar-refractivity contribution < 1.29 is 0 Å². The van der Waals surface area contributed by atoms with E-state index in [0.717, 1.165) is 28.5 Å². The summed E-state index contributed by atoms with van der Waals surface area (Å²) in [6.07, 6.45) is 1.14. The average Bonchev–Trinajstić information content (AvgIpc) is 2.14. The van der Waals surface area contributed by atoms with Crippen molar-refractivity contribution >= 4 is 11.8 Å². The molecule has 0 saturated heterocycles. The molecule has 0 radical (unpaired) electrons. The molecule has 0 amide bonds. The van der Waals surface area contributed by atoms with Crippen molar-refractivity contribution in [2.24, 2.45) is 0 Å². The van der Waals surface area contributed by atoms with E-state index >= 15 is 0 Å². The number of thioether (sulfide) groups is 1. The second-order valence-corrected chi connectivity index (χ2v) is 4.31. The number of aryl methyl sites for hydroxylation is 2. The van der Waals surface area contributed by atoms with Crippen molar-refractivity contribution in [3.63, 3.8) is 0 Å². The number of rotatable bonds is 3. The van der Waals surface area contributed by atoms with Crippen LogP contribution in [0, 0.1) is 25.2 Å². The second kappa shape index (κ2) is 5.02.